The first-order valence-corrected chi connectivity index (χ1v) is 5.71. The zero-order chi connectivity index (χ0) is 14.8. The summed E-state index contributed by atoms with van der Waals surface area (Å²) in [6.45, 7) is 0. The van der Waals surface area contributed by atoms with Crippen molar-refractivity contribution in [2.45, 2.75) is 6.18 Å². The molecule has 0 spiro atoms. The van der Waals surface area contributed by atoms with Crippen molar-refractivity contribution in [1.29, 1.82) is 0 Å². The number of benzene rings is 2. The van der Waals surface area contributed by atoms with Gasteiger partial charge in [-0.15, -0.1) is 0 Å². The molecule has 104 valence electrons. The van der Waals surface area contributed by atoms with Crippen molar-refractivity contribution < 1.29 is 18.0 Å². The first-order valence-electron chi connectivity index (χ1n) is 5.71. The summed E-state index contributed by atoms with van der Waals surface area (Å²) >= 11 is 0. The van der Waals surface area contributed by atoms with Crippen LogP contribution in [0, 0.1) is 0 Å². The molecule has 0 saturated heterocycles. The Morgan fingerprint density at radius 3 is 2.15 bits per heavy atom. The van der Waals surface area contributed by atoms with Crippen molar-refractivity contribution in [2.75, 3.05) is 11.1 Å². The molecule has 2 rings (SSSR count). The second kappa shape index (κ2) is 5.24. The summed E-state index contributed by atoms with van der Waals surface area (Å²) < 4.78 is 37.2. The van der Waals surface area contributed by atoms with Crippen molar-refractivity contribution in [3.63, 3.8) is 0 Å². The van der Waals surface area contributed by atoms with Crippen LogP contribution in [0.4, 0.5) is 24.5 Å². The van der Waals surface area contributed by atoms with Gasteiger partial charge in [0.05, 0.1) is 16.9 Å². The van der Waals surface area contributed by atoms with Crippen molar-refractivity contribution >= 4 is 17.3 Å². The van der Waals surface area contributed by atoms with Gasteiger partial charge in [-0.3, -0.25) is 4.79 Å². The molecule has 1 amide bonds. The van der Waals surface area contributed by atoms with Crippen LogP contribution in [-0.2, 0) is 6.18 Å². The predicted molar refractivity (Wildman–Crippen MR) is 70.3 cm³/mol. The minimum atomic E-state index is -4.42. The molecule has 3 nitrogen and oxygen atoms in total. The third kappa shape index (κ3) is 3.09. The number of carbonyl (C=O) groups excluding carboxylic acids is 1. The number of nitrogen functional groups attached to an aromatic ring is 1. The summed E-state index contributed by atoms with van der Waals surface area (Å²) in [5.41, 5.74) is 5.79. The highest BCUT2D eigenvalue weighted by atomic mass is 19.4. The van der Waals surface area contributed by atoms with Gasteiger partial charge in [-0.25, -0.2) is 0 Å². The molecule has 0 aliphatic heterocycles. The monoisotopic (exact) mass is 280 g/mol. The average Bonchev–Trinajstić information content (AvgIpc) is 2.40. The van der Waals surface area contributed by atoms with E-state index < -0.39 is 17.6 Å². The molecule has 0 atom stereocenters. The fraction of sp³-hybridized carbons (Fsp3) is 0.0714. The summed E-state index contributed by atoms with van der Waals surface area (Å²) in [7, 11) is 0. The molecule has 0 aromatic heterocycles. The Balaban J connectivity index is 2.16. The Labute approximate surface area is 113 Å². The van der Waals surface area contributed by atoms with Crippen LogP contribution in [0.25, 0.3) is 0 Å². The highest BCUT2D eigenvalue weighted by Gasteiger charge is 2.30. The Hall–Kier alpha value is -2.50. The zero-order valence-electron chi connectivity index (χ0n) is 10.2. The largest absolute Gasteiger partial charge is 0.416 e. The number of halogens is 3. The van der Waals surface area contributed by atoms with E-state index in [1.165, 1.54) is 0 Å². The van der Waals surface area contributed by atoms with Gasteiger partial charge in [0.25, 0.3) is 5.91 Å². The van der Waals surface area contributed by atoms with Crippen LogP contribution in [-0.4, -0.2) is 5.91 Å². The van der Waals surface area contributed by atoms with Gasteiger partial charge in [0.2, 0.25) is 0 Å². The van der Waals surface area contributed by atoms with Crippen molar-refractivity contribution in [3.05, 3.63) is 59.7 Å². The number of hydrogen-bond donors (Lipinski definition) is 2. The lowest BCUT2D eigenvalue weighted by atomic mass is 10.1. The molecule has 0 saturated carbocycles. The Morgan fingerprint density at radius 1 is 1.00 bits per heavy atom. The lowest BCUT2D eigenvalue weighted by Crippen LogP contribution is -2.13. The molecule has 0 radical (unpaired) electrons. The molecule has 0 aliphatic carbocycles. The van der Waals surface area contributed by atoms with Gasteiger partial charge in [0, 0.05) is 5.56 Å². The van der Waals surface area contributed by atoms with Gasteiger partial charge >= 0.3 is 6.18 Å². The molecular formula is C14H11F3N2O. The number of nitrogens with one attached hydrogen (secondary N) is 1. The van der Waals surface area contributed by atoms with E-state index in [0.717, 1.165) is 24.3 Å². The molecule has 20 heavy (non-hydrogen) atoms. The number of alkyl halides is 3. The summed E-state index contributed by atoms with van der Waals surface area (Å²) in [5.74, 6) is -0.517. The topological polar surface area (TPSA) is 55.1 Å². The molecule has 6 heteroatoms. The molecular weight excluding hydrogens is 269 g/mol. The van der Waals surface area contributed by atoms with Crippen LogP contribution in [0.5, 0.6) is 0 Å². The number of carbonyl (C=O) groups is 1. The van der Waals surface area contributed by atoms with E-state index in [2.05, 4.69) is 5.32 Å². The minimum Gasteiger partial charge on any atom is -0.397 e. The van der Waals surface area contributed by atoms with Crippen molar-refractivity contribution in [2.24, 2.45) is 0 Å². The lowest BCUT2D eigenvalue weighted by Gasteiger charge is -2.09. The quantitative estimate of drug-likeness (QED) is 0.827. The number of anilines is 2. The van der Waals surface area contributed by atoms with E-state index >= 15 is 0 Å². The Kier molecular flexibility index (Phi) is 3.65. The van der Waals surface area contributed by atoms with E-state index in [9.17, 15) is 18.0 Å². The van der Waals surface area contributed by atoms with Gasteiger partial charge in [-0.2, -0.15) is 13.2 Å². The Morgan fingerprint density at radius 2 is 1.60 bits per heavy atom. The predicted octanol–water partition coefficient (Wildman–Crippen LogP) is 3.54. The maximum atomic E-state index is 12.4. The van der Waals surface area contributed by atoms with Crippen LogP contribution in [0.3, 0.4) is 0 Å². The second-order valence-corrected chi connectivity index (χ2v) is 4.12. The SMILES string of the molecule is Nc1ccccc1NC(=O)c1ccc(C(F)(F)F)cc1. The third-order valence-corrected chi connectivity index (χ3v) is 2.68. The number of rotatable bonds is 2. The second-order valence-electron chi connectivity index (χ2n) is 4.12. The Bertz CT molecular complexity index is 621. The van der Waals surface area contributed by atoms with Crippen molar-refractivity contribution in [3.8, 4) is 0 Å². The van der Waals surface area contributed by atoms with E-state index in [1.54, 1.807) is 24.3 Å². The molecule has 0 aliphatic rings. The maximum absolute atomic E-state index is 12.4. The van der Waals surface area contributed by atoms with Crippen LogP contribution in [0.15, 0.2) is 48.5 Å². The fourth-order valence-electron chi connectivity index (χ4n) is 1.62. The van der Waals surface area contributed by atoms with Crippen LogP contribution in [0.2, 0.25) is 0 Å². The maximum Gasteiger partial charge on any atom is 0.416 e. The van der Waals surface area contributed by atoms with E-state index in [4.69, 9.17) is 5.73 Å². The highest BCUT2D eigenvalue weighted by molar-refractivity contribution is 6.05. The van der Waals surface area contributed by atoms with Crippen LogP contribution in [0.1, 0.15) is 15.9 Å². The molecule has 0 bridgehead atoms. The first kappa shape index (κ1) is 13.9. The number of hydrogen-bond acceptors (Lipinski definition) is 2. The molecule has 0 heterocycles. The molecule has 0 unspecified atom stereocenters. The molecule has 0 fully saturated rings. The van der Waals surface area contributed by atoms with Gasteiger partial charge in [-0.05, 0) is 36.4 Å². The molecule has 2 aromatic rings. The van der Waals surface area contributed by atoms with E-state index in [-0.39, 0.29) is 5.56 Å². The number of nitrogens with two attached hydrogens (primary N) is 1. The van der Waals surface area contributed by atoms with Crippen molar-refractivity contribution in [1.82, 2.24) is 0 Å². The summed E-state index contributed by atoms with van der Waals surface area (Å²) in [6.07, 6.45) is -4.42. The number of para-hydroxylation sites is 2. The summed E-state index contributed by atoms with van der Waals surface area (Å²) in [6, 6.07) is 10.6. The van der Waals surface area contributed by atoms with E-state index in [1.807, 2.05) is 0 Å². The molecule has 2 aromatic carbocycles. The van der Waals surface area contributed by atoms with Gasteiger partial charge in [0.15, 0.2) is 0 Å². The minimum absolute atomic E-state index is 0.126. The zero-order valence-corrected chi connectivity index (χ0v) is 10.2. The first-order chi connectivity index (χ1) is 9.38. The average molecular weight is 280 g/mol. The fourth-order valence-corrected chi connectivity index (χ4v) is 1.62. The summed E-state index contributed by atoms with van der Waals surface area (Å²) in [4.78, 5) is 11.9. The number of amides is 1. The van der Waals surface area contributed by atoms with Gasteiger partial charge < -0.3 is 11.1 Å². The van der Waals surface area contributed by atoms with Gasteiger partial charge in [-0.1, -0.05) is 12.1 Å². The molecule has 3 N–H and O–H groups in total. The smallest absolute Gasteiger partial charge is 0.397 e. The van der Waals surface area contributed by atoms with Crippen LogP contribution < -0.4 is 11.1 Å². The normalized spacial score (nSPS) is 11.2. The summed E-state index contributed by atoms with van der Waals surface area (Å²) in [5, 5.41) is 2.54. The standard InChI is InChI=1S/C14H11F3N2O/c15-14(16,17)10-7-5-9(6-8-10)13(20)19-12-4-2-1-3-11(12)18/h1-8H,18H2,(H,19,20). The lowest BCUT2D eigenvalue weighted by molar-refractivity contribution is -0.137. The highest BCUT2D eigenvalue weighted by Crippen LogP contribution is 2.29. The van der Waals surface area contributed by atoms with Gasteiger partial charge in [0.1, 0.15) is 0 Å². The van der Waals surface area contributed by atoms with Crippen LogP contribution >= 0.6 is 0 Å². The third-order valence-electron chi connectivity index (χ3n) is 2.68. The van der Waals surface area contributed by atoms with E-state index in [0.29, 0.717) is 11.4 Å².